The van der Waals surface area contributed by atoms with Crippen LogP contribution in [-0.2, 0) is 11.2 Å². The van der Waals surface area contributed by atoms with Crippen LogP contribution in [-0.4, -0.2) is 33.4 Å². The van der Waals surface area contributed by atoms with Gasteiger partial charge in [-0.05, 0) is 18.9 Å². The van der Waals surface area contributed by atoms with E-state index in [-0.39, 0.29) is 11.2 Å². The summed E-state index contributed by atoms with van der Waals surface area (Å²) in [6, 6.07) is 8.33. The Labute approximate surface area is 164 Å². The van der Waals surface area contributed by atoms with E-state index in [1.807, 2.05) is 12.3 Å². The molecule has 0 spiro atoms. The van der Waals surface area contributed by atoms with Gasteiger partial charge in [-0.3, -0.25) is 4.79 Å². The summed E-state index contributed by atoms with van der Waals surface area (Å²) >= 11 is 4.24. The molecule has 1 amide bonds. The van der Waals surface area contributed by atoms with Crippen molar-refractivity contribution < 1.29 is 4.79 Å². The van der Waals surface area contributed by atoms with Gasteiger partial charge in [0.2, 0.25) is 11.0 Å². The van der Waals surface area contributed by atoms with Gasteiger partial charge in [0.15, 0.2) is 9.47 Å². The standard InChI is InChI=1S/C17H19N5OS3/c1-4-11-5-7-12(8-6-11)13-9-24-16(19-13)20-14(23)10(2)25-17-22-21-15(18-3)26-17/h5-10H,4H2,1-3H3,(H,18,21)(H,19,20,23)/t10-/m0/s1. The molecule has 0 aliphatic rings. The fraction of sp³-hybridized carbons (Fsp3) is 0.294. The summed E-state index contributed by atoms with van der Waals surface area (Å²) in [7, 11) is 1.79. The van der Waals surface area contributed by atoms with Crippen molar-refractivity contribution in [2.24, 2.45) is 0 Å². The number of aryl methyl sites for hydroxylation is 1. The number of benzene rings is 1. The highest BCUT2D eigenvalue weighted by Crippen LogP contribution is 2.30. The monoisotopic (exact) mass is 405 g/mol. The van der Waals surface area contributed by atoms with Crippen LogP contribution in [0.25, 0.3) is 11.3 Å². The summed E-state index contributed by atoms with van der Waals surface area (Å²) in [6.45, 7) is 3.98. The van der Waals surface area contributed by atoms with Crippen molar-refractivity contribution in [2.75, 3.05) is 17.7 Å². The molecule has 0 bridgehead atoms. The van der Waals surface area contributed by atoms with Gasteiger partial charge in [0.25, 0.3) is 0 Å². The maximum absolute atomic E-state index is 12.4. The smallest absolute Gasteiger partial charge is 0.239 e. The van der Waals surface area contributed by atoms with E-state index in [1.165, 1.54) is 40.0 Å². The molecule has 26 heavy (non-hydrogen) atoms. The summed E-state index contributed by atoms with van der Waals surface area (Å²) in [5.41, 5.74) is 3.22. The summed E-state index contributed by atoms with van der Waals surface area (Å²) in [6.07, 6.45) is 1.01. The predicted molar refractivity (Wildman–Crippen MR) is 110 cm³/mol. The number of hydrogen-bond donors (Lipinski definition) is 2. The molecule has 0 unspecified atom stereocenters. The maximum Gasteiger partial charge on any atom is 0.239 e. The Morgan fingerprint density at radius 1 is 1.23 bits per heavy atom. The molecule has 0 fully saturated rings. The van der Waals surface area contributed by atoms with Crippen LogP contribution in [0.3, 0.4) is 0 Å². The fourth-order valence-electron chi connectivity index (χ4n) is 2.15. The second kappa shape index (κ2) is 8.61. The average Bonchev–Trinajstić information content (AvgIpc) is 3.31. The number of nitrogens with zero attached hydrogens (tertiary/aromatic N) is 3. The number of thioether (sulfide) groups is 1. The van der Waals surface area contributed by atoms with Gasteiger partial charge in [-0.2, -0.15) is 0 Å². The Morgan fingerprint density at radius 2 is 2.00 bits per heavy atom. The van der Waals surface area contributed by atoms with E-state index >= 15 is 0 Å². The molecule has 2 heterocycles. The molecule has 1 atom stereocenters. The Morgan fingerprint density at radius 3 is 2.65 bits per heavy atom. The van der Waals surface area contributed by atoms with E-state index in [4.69, 9.17) is 0 Å². The molecular formula is C17H19N5OS3. The summed E-state index contributed by atoms with van der Waals surface area (Å²) in [4.78, 5) is 16.9. The number of aromatic nitrogens is 3. The molecule has 1 aromatic carbocycles. The molecule has 0 aliphatic carbocycles. The zero-order valence-electron chi connectivity index (χ0n) is 14.6. The minimum Gasteiger partial charge on any atom is -0.363 e. The molecule has 136 valence electrons. The number of thiazole rings is 1. The molecule has 0 saturated carbocycles. The van der Waals surface area contributed by atoms with Crippen LogP contribution in [0.4, 0.5) is 10.3 Å². The van der Waals surface area contributed by atoms with Gasteiger partial charge in [-0.15, -0.1) is 21.5 Å². The Bertz CT molecular complexity index is 875. The van der Waals surface area contributed by atoms with E-state index in [2.05, 4.69) is 57.0 Å². The van der Waals surface area contributed by atoms with Crippen molar-refractivity contribution in [3.8, 4) is 11.3 Å². The van der Waals surface area contributed by atoms with Crippen LogP contribution in [0.2, 0.25) is 0 Å². The number of carbonyl (C=O) groups is 1. The number of hydrogen-bond acceptors (Lipinski definition) is 8. The van der Waals surface area contributed by atoms with Crippen LogP contribution in [0.15, 0.2) is 34.0 Å². The highest BCUT2D eigenvalue weighted by atomic mass is 32.2. The zero-order valence-corrected chi connectivity index (χ0v) is 17.1. The van der Waals surface area contributed by atoms with Gasteiger partial charge in [0.05, 0.1) is 10.9 Å². The Hall–Kier alpha value is -1.97. The number of carbonyl (C=O) groups excluding carboxylic acids is 1. The number of nitrogens with one attached hydrogen (secondary N) is 2. The van der Waals surface area contributed by atoms with E-state index in [1.54, 1.807) is 7.05 Å². The molecule has 0 aliphatic heterocycles. The number of amides is 1. The lowest BCUT2D eigenvalue weighted by Crippen LogP contribution is -2.22. The van der Waals surface area contributed by atoms with E-state index < -0.39 is 0 Å². The van der Waals surface area contributed by atoms with Crippen LogP contribution in [0.5, 0.6) is 0 Å². The molecule has 2 aromatic heterocycles. The normalized spacial score (nSPS) is 12.0. The zero-order chi connectivity index (χ0) is 18.5. The van der Waals surface area contributed by atoms with Crippen molar-refractivity contribution in [2.45, 2.75) is 29.9 Å². The van der Waals surface area contributed by atoms with Gasteiger partial charge < -0.3 is 10.6 Å². The molecule has 3 aromatic rings. The first-order valence-corrected chi connectivity index (χ1v) is 10.7. The van der Waals surface area contributed by atoms with Crippen LogP contribution in [0.1, 0.15) is 19.4 Å². The average molecular weight is 406 g/mol. The second-order valence-corrected chi connectivity index (χ2v) is 8.88. The molecule has 2 N–H and O–H groups in total. The van der Waals surface area contributed by atoms with Gasteiger partial charge in [-0.1, -0.05) is 54.3 Å². The minimum absolute atomic E-state index is 0.0987. The van der Waals surface area contributed by atoms with Gasteiger partial charge in [0, 0.05) is 18.0 Å². The van der Waals surface area contributed by atoms with E-state index in [9.17, 15) is 4.79 Å². The lowest BCUT2D eigenvalue weighted by Gasteiger charge is -2.07. The highest BCUT2D eigenvalue weighted by molar-refractivity contribution is 8.02. The lowest BCUT2D eigenvalue weighted by atomic mass is 10.1. The predicted octanol–water partition coefficient (Wildman–Crippen LogP) is 4.39. The third-order valence-electron chi connectivity index (χ3n) is 3.66. The molecular weight excluding hydrogens is 386 g/mol. The van der Waals surface area contributed by atoms with Gasteiger partial charge in [0.1, 0.15) is 0 Å². The maximum atomic E-state index is 12.4. The van der Waals surface area contributed by atoms with Crippen LogP contribution < -0.4 is 10.6 Å². The minimum atomic E-state index is -0.288. The highest BCUT2D eigenvalue weighted by Gasteiger charge is 2.18. The molecule has 0 saturated heterocycles. The topological polar surface area (TPSA) is 79.8 Å². The largest absolute Gasteiger partial charge is 0.363 e. The van der Waals surface area contributed by atoms with Crippen molar-refractivity contribution in [3.05, 3.63) is 35.2 Å². The first-order valence-electron chi connectivity index (χ1n) is 8.12. The fourth-order valence-corrected chi connectivity index (χ4v) is 4.72. The molecule has 9 heteroatoms. The second-order valence-electron chi connectivity index (χ2n) is 5.46. The van der Waals surface area contributed by atoms with Crippen molar-refractivity contribution >= 4 is 50.6 Å². The Balaban J connectivity index is 1.61. The molecule has 6 nitrogen and oxygen atoms in total. The SMILES string of the molecule is CCc1ccc(-c2csc(NC(=O)[C@H](C)Sc3nnc(NC)s3)n2)cc1. The van der Waals surface area contributed by atoms with Gasteiger partial charge >= 0.3 is 0 Å². The first kappa shape index (κ1) is 18.8. The summed E-state index contributed by atoms with van der Waals surface area (Å²) in [5.74, 6) is -0.0987. The van der Waals surface area contributed by atoms with Gasteiger partial charge in [-0.25, -0.2) is 4.98 Å². The van der Waals surface area contributed by atoms with Crippen LogP contribution >= 0.6 is 34.4 Å². The van der Waals surface area contributed by atoms with Crippen molar-refractivity contribution in [1.82, 2.24) is 15.2 Å². The van der Waals surface area contributed by atoms with E-state index in [0.29, 0.717) is 5.13 Å². The van der Waals surface area contributed by atoms with Crippen LogP contribution in [0, 0.1) is 0 Å². The number of anilines is 2. The lowest BCUT2D eigenvalue weighted by molar-refractivity contribution is -0.115. The third kappa shape index (κ3) is 4.60. The molecule has 3 rings (SSSR count). The van der Waals surface area contributed by atoms with Crippen molar-refractivity contribution in [3.63, 3.8) is 0 Å². The third-order valence-corrected chi connectivity index (χ3v) is 6.54. The quantitative estimate of drug-likeness (QED) is 0.568. The van der Waals surface area contributed by atoms with E-state index in [0.717, 1.165) is 27.1 Å². The summed E-state index contributed by atoms with van der Waals surface area (Å²) < 4.78 is 0.757. The first-order chi connectivity index (χ1) is 12.6. The van der Waals surface area contributed by atoms with Crippen molar-refractivity contribution in [1.29, 1.82) is 0 Å². The number of rotatable bonds is 7. The Kier molecular flexibility index (Phi) is 6.23. The summed E-state index contributed by atoms with van der Waals surface area (Å²) in [5, 5.41) is 16.9. The molecule has 0 radical (unpaired) electrons.